The molecule has 1 aromatic carbocycles. The standard InChI is InChI=1S/C18H18F2N2O2S/c1-4-11-5-6-13-12(9-24-16(13)10(11)2)7-15(23)22-17-21-8-14(25-17)18(3,19)20/h5-6,8-9H,4,7H2,1-3H3,(H,21,22,23). The molecule has 132 valence electrons. The molecule has 25 heavy (non-hydrogen) atoms. The number of furan rings is 1. The molecule has 0 unspecified atom stereocenters. The maximum absolute atomic E-state index is 13.2. The van der Waals surface area contributed by atoms with Crippen LogP contribution in [-0.2, 0) is 23.6 Å². The lowest BCUT2D eigenvalue weighted by molar-refractivity contribution is -0.115. The molecule has 0 bridgehead atoms. The lowest BCUT2D eigenvalue weighted by atomic mass is 10.0. The van der Waals surface area contributed by atoms with E-state index in [2.05, 4.69) is 17.2 Å². The number of halogens is 2. The van der Waals surface area contributed by atoms with Gasteiger partial charge in [0.05, 0.1) is 17.6 Å². The van der Waals surface area contributed by atoms with E-state index in [9.17, 15) is 13.6 Å². The largest absolute Gasteiger partial charge is 0.464 e. The van der Waals surface area contributed by atoms with Gasteiger partial charge in [-0.25, -0.2) is 13.8 Å². The number of nitrogens with one attached hydrogen (secondary N) is 1. The molecule has 0 aliphatic carbocycles. The Kier molecular flexibility index (Phi) is 4.60. The Morgan fingerprint density at radius 1 is 1.36 bits per heavy atom. The number of amides is 1. The second-order valence-corrected chi connectivity index (χ2v) is 7.01. The Labute approximate surface area is 147 Å². The highest BCUT2D eigenvalue weighted by molar-refractivity contribution is 7.15. The number of thiazole rings is 1. The maximum Gasteiger partial charge on any atom is 0.281 e. The number of aryl methyl sites for hydroxylation is 2. The van der Waals surface area contributed by atoms with Gasteiger partial charge in [-0.1, -0.05) is 30.4 Å². The molecule has 7 heteroatoms. The zero-order valence-electron chi connectivity index (χ0n) is 14.2. The number of benzene rings is 1. The first-order valence-electron chi connectivity index (χ1n) is 7.92. The van der Waals surface area contributed by atoms with Crippen LogP contribution in [0.4, 0.5) is 13.9 Å². The van der Waals surface area contributed by atoms with Crippen LogP contribution in [0, 0.1) is 6.92 Å². The lowest BCUT2D eigenvalue weighted by Crippen LogP contribution is -2.13. The number of anilines is 1. The molecule has 2 aromatic heterocycles. The molecule has 0 radical (unpaired) electrons. The number of rotatable bonds is 5. The van der Waals surface area contributed by atoms with Crippen molar-refractivity contribution >= 4 is 33.3 Å². The van der Waals surface area contributed by atoms with Gasteiger partial charge in [-0.15, -0.1) is 0 Å². The summed E-state index contributed by atoms with van der Waals surface area (Å²) >= 11 is 0.775. The highest BCUT2D eigenvalue weighted by Crippen LogP contribution is 2.33. The molecule has 3 rings (SSSR count). The van der Waals surface area contributed by atoms with Crippen LogP contribution < -0.4 is 5.32 Å². The number of fused-ring (bicyclic) bond motifs is 1. The second kappa shape index (κ2) is 6.55. The monoisotopic (exact) mass is 364 g/mol. The fraction of sp³-hybridized carbons (Fsp3) is 0.333. The minimum Gasteiger partial charge on any atom is -0.464 e. The van der Waals surface area contributed by atoms with Gasteiger partial charge in [-0.2, -0.15) is 0 Å². The Morgan fingerprint density at radius 2 is 2.12 bits per heavy atom. The van der Waals surface area contributed by atoms with Crippen molar-refractivity contribution in [3.05, 3.63) is 46.2 Å². The summed E-state index contributed by atoms with van der Waals surface area (Å²) in [5, 5.41) is 3.63. The summed E-state index contributed by atoms with van der Waals surface area (Å²) in [6.45, 7) is 4.88. The highest BCUT2D eigenvalue weighted by Gasteiger charge is 2.27. The summed E-state index contributed by atoms with van der Waals surface area (Å²) < 4.78 is 32.1. The molecular formula is C18H18F2N2O2S. The van der Waals surface area contributed by atoms with E-state index in [0.717, 1.165) is 53.0 Å². The average molecular weight is 364 g/mol. The number of nitrogens with zero attached hydrogens (tertiary/aromatic N) is 1. The molecule has 0 spiro atoms. The number of carbonyl (C=O) groups is 1. The van der Waals surface area contributed by atoms with E-state index >= 15 is 0 Å². The number of aromatic nitrogens is 1. The van der Waals surface area contributed by atoms with Crippen LogP contribution in [0.5, 0.6) is 0 Å². The molecule has 1 amide bonds. The molecule has 2 heterocycles. The first-order valence-corrected chi connectivity index (χ1v) is 8.73. The quantitative estimate of drug-likeness (QED) is 0.689. The Balaban J connectivity index is 1.76. The van der Waals surface area contributed by atoms with Crippen LogP contribution in [0.3, 0.4) is 0 Å². The molecule has 0 aliphatic rings. The van der Waals surface area contributed by atoms with Crippen molar-refractivity contribution in [2.24, 2.45) is 0 Å². The van der Waals surface area contributed by atoms with Gasteiger partial charge in [-0.05, 0) is 24.5 Å². The first-order chi connectivity index (χ1) is 11.8. The number of alkyl halides is 2. The summed E-state index contributed by atoms with van der Waals surface area (Å²) in [5.74, 6) is -3.28. The van der Waals surface area contributed by atoms with E-state index < -0.39 is 5.92 Å². The Hall–Kier alpha value is -2.28. The van der Waals surface area contributed by atoms with Gasteiger partial charge < -0.3 is 9.73 Å². The Morgan fingerprint density at radius 3 is 2.76 bits per heavy atom. The van der Waals surface area contributed by atoms with Gasteiger partial charge in [-0.3, -0.25) is 4.79 Å². The van der Waals surface area contributed by atoms with Crippen LogP contribution in [0.25, 0.3) is 11.0 Å². The molecule has 4 nitrogen and oxygen atoms in total. The maximum atomic E-state index is 13.2. The van der Waals surface area contributed by atoms with Gasteiger partial charge in [0.2, 0.25) is 5.91 Å². The molecule has 0 saturated heterocycles. The minimum absolute atomic E-state index is 0.0926. The highest BCUT2D eigenvalue weighted by atomic mass is 32.1. The predicted octanol–water partition coefficient (Wildman–Crippen LogP) is 5.05. The zero-order valence-corrected chi connectivity index (χ0v) is 15.0. The first kappa shape index (κ1) is 17.5. The van der Waals surface area contributed by atoms with E-state index in [0.29, 0.717) is 0 Å². The van der Waals surface area contributed by atoms with Gasteiger partial charge in [0.1, 0.15) is 5.58 Å². The van der Waals surface area contributed by atoms with Crippen molar-refractivity contribution in [1.29, 1.82) is 0 Å². The van der Waals surface area contributed by atoms with E-state index in [1.165, 1.54) is 5.56 Å². The van der Waals surface area contributed by atoms with Crippen molar-refractivity contribution in [2.75, 3.05) is 5.32 Å². The third-order valence-electron chi connectivity index (χ3n) is 4.10. The smallest absolute Gasteiger partial charge is 0.281 e. The summed E-state index contributed by atoms with van der Waals surface area (Å²) in [4.78, 5) is 15.9. The summed E-state index contributed by atoms with van der Waals surface area (Å²) in [7, 11) is 0. The van der Waals surface area contributed by atoms with E-state index in [4.69, 9.17) is 4.42 Å². The van der Waals surface area contributed by atoms with Gasteiger partial charge in [0.15, 0.2) is 5.13 Å². The fourth-order valence-electron chi connectivity index (χ4n) is 2.72. The predicted molar refractivity (Wildman–Crippen MR) is 94.3 cm³/mol. The van der Waals surface area contributed by atoms with Gasteiger partial charge >= 0.3 is 0 Å². The number of hydrogen-bond donors (Lipinski definition) is 1. The SMILES string of the molecule is CCc1ccc2c(CC(=O)Nc3ncc(C(C)(F)F)s3)coc2c1C. The average Bonchev–Trinajstić information content (AvgIpc) is 3.15. The van der Waals surface area contributed by atoms with Gasteiger partial charge in [0, 0.05) is 24.1 Å². The minimum atomic E-state index is -2.96. The number of hydrogen-bond acceptors (Lipinski definition) is 4. The van der Waals surface area contributed by atoms with Crippen molar-refractivity contribution in [3.63, 3.8) is 0 Å². The second-order valence-electron chi connectivity index (χ2n) is 5.98. The molecule has 0 aliphatic heterocycles. The normalized spacial score (nSPS) is 11.9. The summed E-state index contributed by atoms with van der Waals surface area (Å²) in [6.07, 6.45) is 3.66. The van der Waals surface area contributed by atoms with Crippen LogP contribution in [0.2, 0.25) is 0 Å². The van der Waals surface area contributed by atoms with Crippen LogP contribution in [0.15, 0.2) is 29.0 Å². The van der Waals surface area contributed by atoms with Crippen molar-refractivity contribution in [1.82, 2.24) is 4.98 Å². The number of carbonyl (C=O) groups excluding carboxylic acids is 1. The van der Waals surface area contributed by atoms with Crippen LogP contribution in [-0.4, -0.2) is 10.9 Å². The molecule has 0 saturated carbocycles. The molecular weight excluding hydrogens is 346 g/mol. The molecule has 3 aromatic rings. The van der Waals surface area contributed by atoms with Crippen LogP contribution in [0.1, 0.15) is 35.4 Å². The third kappa shape index (κ3) is 3.56. The summed E-state index contributed by atoms with van der Waals surface area (Å²) in [5.41, 5.74) is 3.82. The molecule has 0 atom stereocenters. The fourth-order valence-corrected chi connectivity index (χ4v) is 3.49. The lowest BCUT2D eigenvalue weighted by Gasteiger charge is -2.05. The van der Waals surface area contributed by atoms with Crippen molar-refractivity contribution in [3.8, 4) is 0 Å². The van der Waals surface area contributed by atoms with E-state index in [1.54, 1.807) is 6.26 Å². The van der Waals surface area contributed by atoms with Gasteiger partial charge in [0.25, 0.3) is 5.92 Å². The van der Waals surface area contributed by atoms with E-state index in [-0.39, 0.29) is 22.3 Å². The zero-order chi connectivity index (χ0) is 18.2. The van der Waals surface area contributed by atoms with Crippen LogP contribution >= 0.6 is 11.3 Å². The van der Waals surface area contributed by atoms with Crippen molar-refractivity contribution in [2.45, 2.75) is 39.5 Å². The third-order valence-corrected chi connectivity index (χ3v) is 5.18. The summed E-state index contributed by atoms with van der Waals surface area (Å²) in [6, 6.07) is 3.98. The topological polar surface area (TPSA) is 55.1 Å². The molecule has 1 N–H and O–H groups in total. The van der Waals surface area contributed by atoms with E-state index in [1.807, 2.05) is 19.1 Å². The Bertz CT molecular complexity index is 925. The van der Waals surface area contributed by atoms with Crippen molar-refractivity contribution < 1.29 is 18.0 Å². The molecule has 0 fully saturated rings.